The van der Waals surface area contributed by atoms with Crippen molar-refractivity contribution in [2.45, 2.75) is 51.1 Å². The molecule has 1 aromatic rings. The smallest absolute Gasteiger partial charge is 0.220 e. The summed E-state index contributed by atoms with van der Waals surface area (Å²) in [6, 6.07) is 6.57. The van der Waals surface area contributed by atoms with E-state index in [1.807, 2.05) is 0 Å². The maximum absolute atomic E-state index is 11.8. The van der Waals surface area contributed by atoms with Gasteiger partial charge in [0.05, 0.1) is 7.11 Å². The second kappa shape index (κ2) is 7.97. The second-order valence-electron chi connectivity index (χ2n) is 8.18. The Kier molecular flexibility index (Phi) is 5.88. The minimum atomic E-state index is 0.0975. The molecule has 0 radical (unpaired) electrons. The Morgan fingerprint density at radius 2 is 2.08 bits per heavy atom. The Bertz CT molecular complexity index is 646. The van der Waals surface area contributed by atoms with Crippen LogP contribution >= 0.6 is 0 Å². The fraction of sp³-hybridized carbons (Fsp3) is 0.667. The lowest BCUT2D eigenvalue weighted by molar-refractivity contribution is -0.121. The Hall–Kier alpha value is -1.59. The van der Waals surface area contributed by atoms with Gasteiger partial charge in [-0.05, 0) is 37.4 Å². The maximum Gasteiger partial charge on any atom is 0.220 e. The van der Waals surface area contributed by atoms with Crippen molar-refractivity contribution in [1.82, 2.24) is 15.1 Å². The summed E-state index contributed by atoms with van der Waals surface area (Å²) in [5.74, 6) is 1.68. The number of hydrogen-bond donors (Lipinski definition) is 1. The molecule has 2 aliphatic rings. The van der Waals surface area contributed by atoms with Gasteiger partial charge in [-0.15, -0.1) is 0 Å². The molecule has 1 spiro atoms. The van der Waals surface area contributed by atoms with Crippen LogP contribution in [-0.2, 0) is 11.3 Å². The fourth-order valence-corrected chi connectivity index (χ4v) is 4.34. The van der Waals surface area contributed by atoms with Crippen LogP contribution in [0, 0.1) is 0 Å². The van der Waals surface area contributed by atoms with Gasteiger partial charge >= 0.3 is 0 Å². The summed E-state index contributed by atoms with van der Waals surface area (Å²) in [6.07, 6.45) is 2.59. The lowest BCUT2D eigenvalue weighted by atomic mass is 9.86. The summed E-state index contributed by atoms with van der Waals surface area (Å²) in [5.41, 5.74) is 2.72. The molecule has 1 N–H and O–H groups in total. The van der Waals surface area contributed by atoms with Crippen LogP contribution in [0.3, 0.4) is 0 Å². The summed E-state index contributed by atoms with van der Waals surface area (Å²) >= 11 is 0. The predicted molar refractivity (Wildman–Crippen MR) is 105 cm³/mol. The highest BCUT2D eigenvalue weighted by Crippen LogP contribution is 2.32. The zero-order chi connectivity index (χ0) is 18.7. The average molecular weight is 360 g/mol. The third kappa shape index (κ3) is 4.04. The molecule has 0 unspecified atom stereocenters. The Morgan fingerprint density at radius 1 is 1.27 bits per heavy atom. The van der Waals surface area contributed by atoms with Crippen molar-refractivity contribution >= 4 is 5.91 Å². The van der Waals surface area contributed by atoms with E-state index in [-0.39, 0.29) is 11.4 Å². The number of methoxy groups -OCH3 is 1. The SMILES string of the molecule is COc1ccc(C(C)C)cc1CN1CCN(C)[C@]2(CCNC(=O)CC2)C1. The van der Waals surface area contributed by atoms with Crippen molar-refractivity contribution in [1.29, 1.82) is 0 Å². The van der Waals surface area contributed by atoms with Crippen LogP contribution in [0.2, 0.25) is 0 Å². The van der Waals surface area contributed by atoms with Gasteiger partial charge in [0.1, 0.15) is 5.75 Å². The van der Waals surface area contributed by atoms with E-state index >= 15 is 0 Å². The minimum absolute atomic E-state index is 0.0975. The fourth-order valence-electron chi connectivity index (χ4n) is 4.34. The molecule has 0 aliphatic carbocycles. The first kappa shape index (κ1) is 19.2. The first-order valence-corrected chi connectivity index (χ1v) is 9.80. The van der Waals surface area contributed by atoms with Crippen molar-refractivity contribution in [2.24, 2.45) is 0 Å². The molecule has 0 aromatic heterocycles. The lowest BCUT2D eigenvalue weighted by Crippen LogP contribution is -2.60. The van der Waals surface area contributed by atoms with Crippen LogP contribution < -0.4 is 10.1 Å². The first-order chi connectivity index (χ1) is 12.4. The van der Waals surface area contributed by atoms with Gasteiger partial charge in [0.25, 0.3) is 0 Å². The molecule has 2 heterocycles. The lowest BCUT2D eigenvalue weighted by Gasteiger charge is -2.49. The van der Waals surface area contributed by atoms with E-state index in [9.17, 15) is 4.79 Å². The van der Waals surface area contributed by atoms with Gasteiger partial charge in [-0.1, -0.05) is 26.0 Å². The Labute approximate surface area is 157 Å². The van der Waals surface area contributed by atoms with Gasteiger partial charge in [-0.2, -0.15) is 0 Å². The molecule has 0 saturated carbocycles. The van der Waals surface area contributed by atoms with Crippen molar-refractivity contribution in [2.75, 3.05) is 40.3 Å². The van der Waals surface area contributed by atoms with E-state index < -0.39 is 0 Å². The molecule has 3 rings (SSSR count). The van der Waals surface area contributed by atoms with Crippen molar-refractivity contribution in [3.05, 3.63) is 29.3 Å². The number of piperazine rings is 1. The summed E-state index contributed by atoms with van der Waals surface area (Å²) in [4.78, 5) is 16.8. The van der Waals surface area contributed by atoms with Gasteiger partial charge in [-0.3, -0.25) is 14.6 Å². The highest BCUT2D eigenvalue weighted by Gasteiger charge is 2.40. The number of amides is 1. The van der Waals surface area contributed by atoms with Crippen LogP contribution in [-0.4, -0.2) is 61.6 Å². The standard InChI is InChI=1S/C21H33N3O2/c1-16(2)17-5-6-19(26-4)18(13-17)14-24-12-11-23(3)21(15-24)8-7-20(25)22-10-9-21/h5-6,13,16H,7-12,14-15H2,1-4H3,(H,22,25)/t21-/m1/s1. The van der Waals surface area contributed by atoms with Crippen LogP contribution in [0.1, 0.15) is 50.2 Å². The third-order valence-corrected chi connectivity index (χ3v) is 6.17. The van der Waals surface area contributed by atoms with Crippen molar-refractivity contribution in [3.8, 4) is 5.75 Å². The maximum atomic E-state index is 11.8. The Balaban J connectivity index is 1.78. The predicted octanol–water partition coefficient (Wildman–Crippen LogP) is 2.60. The van der Waals surface area contributed by atoms with E-state index in [1.165, 1.54) is 11.1 Å². The van der Waals surface area contributed by atoms with Gasteiger partial charge < -0.3 is 10.1 Å². The number of carbonyl (C=O) groups is 1. The van der Waals surface area contributed by atoms with E-state index in [2.05, 4.69) is 54.2 Å². The number of rotatable bonds is 4. The number of ether oxygens (including phenoxy) is 1. The molecule has 1 amide bonds. The zero-order valence-corrected chi connectivity index (χ0v) is 16.7. The topological polar surface area (TPSA) is 44.8 Å². The molecule has 2 aliphatic heterocycles. The van der Waals surface area contributed by atoms with Gasteiger partial charge in [-0.25, -0.2) is 0 Å². The highest BCUT2D eigenvalue weighted by molar-refractivity contribution is 5.76. The average Bonchev–Trinajstić information content (AvgIpc) is 2.80. The molecule has 144 valence electrons. The summed E-state index contributed by atoms with van der Waals surface area (Å²) < 4.78 is 5.62. The molecule has 1 atom stereocenters. The van der Waals surface area contributed by atoms with E-state index in [0.29, 0.717) is 12.3 Å². The van der Waals surface area contributed by atoms with Gasteiger partial charge in [0.2, 0.25) is 5.91 Å². The van der Waals surface area contributed by atoms with E-state index in [0.717, 1.165) is 51.3 Å². The number of carbonyl (C=O) groups excluding carboxylic acids is 1. The molecule has 26 heavy (non-hydrogen) atoms. The largest absolute Gasteiger partial charge is 0.496 e. The highest BCUT2D eigenvalue weighted by atomic mass is 16.5. The molecular formula is C21H33N3O2. The molecule has 2 saturated heterocycles. The summed E-state index contributed by atoms with van der Waals surface area (Å²) in [5, 5.41) is 3.04. The molecule has 0 bridgehead atoms. The first-order valence-electron chi connectivity index (χ1n) is 9.80. The third-order valence-electron chi connectivity index (χ3n) is 6.17. The Morgan fingerprint density at radius 3 is 2.81 bits per heavy atom. The normalized spacial score (nSPS) is 25.3. The molecule has 5 nitrogen and oxygen atoms in total. The van der Waals surface area contributed by atoms with Crippen LogP contribution in [0.15, 0.2) is 18.2 Å². The number of hydrogen-bond acceptors (Lipinski definition) is 4. The number of benzene rings is 1. The monoisotopic (exact) mass is 359 g/mol. The number of likely N-dealkylation sites (N-methyl/N-ethyl adjacent to an activating group) is 1. The quantitative estimate of drug-likeness (QED) is 0.898. The molecule has 5 heteroatoms. The molecular weight excluding hydrogens is 326 g/mol. The van der Waals surface area contributed by atoms with Crippen molar-refractivity contribution < 1.29 is 9.53 Å². The summed E-state index contributed by atoms with van der Waals surface area (Å²) in [6.45, 7) is 9.24. The van der Waals surface area contributed by atoms with Gasteiger partial charge in [0, 0.05) is 50.2 Å². The van der Waals surface area contributed by atoms with Crippen LogP contribution in [0.25, 0.3) is 0 Å². The molecule has 1 aromatic carbocycles. The minimum Gasteiger partial charge on any atom is -0.496 e. The summed E-state index contributed by atoms with van der Waals surface area (Å²) in [7, 11) is 3.97. The number of nitrogens with zero attached hydrogens (tertiary/aromatic N) is 2. The van der Waals surface area contributed by atoms with Gasteiger partial charge in [0.15, 0.2) is 0 Å². The molecule has 2 fully saturated rings. The number of nitrogens with one attached hydrogen (secondary N) is 1. The van der Waals surface area contributed by atoms with Crippen LogP contribution in [0.5, 0.6) is 5.75 Å². The van der Waals surface area contributed by atoms with Crippen molar-refractivity contribution in [3.63, 3.8) is 0 Å². The van der Waals surface area contributed by atoms with E-state index in [4.69, 9.17) is 4.74 Å². The second-order valence-corrected chi connectivity index (χ2v) is 8.18. The van der Waals surface area contributed by atoms with Crippen LogP contribution in [0.4, 0.5) is 0 Å². The van der Waals surface area contributed by atoms with E-state index in [1.54, 1.807) is 7.11 Å². The zero-order valence-electron chi connectivity index (χ0n) is 16.7.